The number of rotatable bonds is 2. The van der Waals surface area contributed by atoms with Crippen LogP contribution in [0.25, 0.3) is 0 Å². The lowest BCUT2D eigenvalue weighted by Gasteiger charge is -2.31. The van der Waals surface area contributed by atoms with Crippen LogP contribution in [-0.4, -0.2) is 18.0 Å². The van der Waals surface area contributed by atoms with E-state index in [1.165, 1.54) is 0 Å². The minimum atomic E-state index is -5.92. The molecule has 0 amide bonds. The van der Waals surface area contributed by atoms with Crippen molar-refractivity contribution in [2.24, 2.45) is 5.92 Å². The Labute approximate surface area is 76.1 Å². The van der Waals surface area contributed by atoms with Crippen LogP contribution in [0.1, 0.15) is 20.3 Å². The van der Waals surface area contributed by atoms with Crippen LogP contribution < -0.4 is 0 Å². The van der Waals surface area contributed by atoms with Gasteiger partial charge in [0.15, 0.2) is 0 Å². The molecular formula is C7H9F7. The Morgan fingerprint density at radius 3 is 1.14 bits per heavy atom. The van der Waals surface area contributed by atoms with Crippen LogP contribution in [0, 0.1) is 5.92 Å². The molecule has 0 saturated carbocycles. The lowest BCUT2D eigenvalue weighted by molar-refractivity contribution is -0.345. The van der Waals surface area contributed by atoms with Gasteiger partial charge >= 0.3 is 12.4 Å². The molecule has 0 aliphatic carbocycles. The predicted octanol–water partition coefficient (Wildman–Crippen LogP) is 3.87. The van der Waals surface area contributed by atoms with Gasteiger partial charge in [-0.1, -0.05) is 13.8 Å². The summed E-state index contributed by atoms with van der Waals surface area (Å²) in [5.74, 6) is -1.04. The topological polar surface area (TPSA) is 0 Å². The number of halogens is 7. The molecule has 86 valence electrons. The average Bonchev–Trinajstić information content (AvgIpc) is 1.79. The van der Waals surface area contributed by atoms with E-state index in [4.69, 9.17) is 0 Å². The molecule has 0 N–H and O–H groups in total. The van der Waals surface area contributed by atoms with Crippen molar-refractivity contribution in [3.63, 3.8) is 0 Å². The molecule has 0 aromatic heterocycles. The molecule has 7 heteroatoms. The second-order valence-electron chi connectivity index (χ2n) is 3.39. The van der Waals surface area contributed by atoms with Gasteiger partial charge in [0.25, 0.3) is 5.67 Å². The summed E-state index contributed by atoms with van der Waals surface area (Å²) in [5.41, 5.74) is -5.10. The van der Waals surface area contributed by atoms with Gasteiger partial charge in [0.2, 0.25) is 0 Å². The molecule has 0 nitrogen and oxygen atoms in total. The normalized spacial score (nSPS) is 15.0. The van der Waals surface area contributed by atoms with Crippen LogP contribution >= 0.6 is 0 Å². The van der Waals surface area contributed by atoms with E-state index in [9.17, 15) is 30.7 Å². The van der Waals surface area contributed by atoms with Gasteiger partial charge in [0, 0.05) is 6.42 Å². The van der Waals surface area contributed by atoms with E-state index in [2.05, 4.69) is 0 Å². The minimum absolute atomic E-state index is 1.04. The first-order valence-electron chi connectivity index (χ1n) is 3.74. The SMILES string of the molecule is CC(C)CC(F)(C(F)(F)F)C(F)(F)F. The predicted molar refractivity (Wildman–Crippen MR) is 35.4 cm³/mol. The van der Waals surface area contributed by atoms with Crippen LogP contribution in [0.15, 0.2) is 0 Å². The van der Waals surface area contributed by atoms with E-state index in [1.807, 2.05) is 0 Å². The third-order valence-corrected chi connectivity index (χ3v) is 1.59. The maximum atomic E-state index is 12.8. The first kappa shape index (κ1) is 13.5. The molecule has 0 bridgehead atoms. The largest absolute Gasteiger partial charge is 0.431 e. The van der Waals surface area contributed by atoms with Crippen LogP contribution in [0.2, 0.25) is 0 Å². The van der Waals surface area contributed by atoms with E-state index in [0.29, 0.717) is 0 Å². The highest BCUT2D eigenvalue weighted by molar-refractivity contribution is 4.94. The van der Waals surface area contributed by atoms with Gasteiger partial charge in [-0.05, 0) is 5.92 Å². The molecular weight excluding hydrogens is 217 g/mol. The monoisotopic (exact) mass is 226 g/mol. The molecule has 0 aliphatic heterocycles. The lowest BCUT2D eigenvalue weighted by Crippen LogP contribution is -2.53. The zero-order valence-electron chi connectivity index (χ0n) is 7.43. The van der Waals surface area contributed by atoms with Crippen LogP contribution in [0.4, 0.5) is 30.7 Å². The lowest BCUT2D eigenvalue weighted by atomic mass is 9.93. The zero-order valence-corrected chi connectivity index (χ0v) is 7.43. The summed E-state index contributed by atoms with van der Waals surface area (Å²) in [6.45, 7) is 2.18. The van der Waals surface area contributed by atoms with Gasteiger partial charge in [-0.3, -0.25) is 0 Å². The summed E-state index contributed by atoms with van der Waals surface area (Å²) in [5, 5.41) is 0. The van der Waals surface area contributed by atoms with Crippen molar-refractivity contribution in [2.45, 2.75) is 38.3 Å². The molecule has 14 heavy (non-hydrogen) atoms. The third kappa shape index (κ3) is 2.51. The molecule has 0 spiro atoms. The fourth-order valence-electron chi connectivity index (χ4n) is 0.955. The molecule has 0 aromatic carbocycles. The molecule has 0 aliphatic rings. The highest BCUT2D eigenvalue weighted by atomic mass is 19.4. The molecule has 0 radical (unpaired) electrons. The van der Waals surface area contributed by atoms with Crippen LogP contribution in [-0.2, 0) is 0 Å². The Hall–Kier alpha value is -0.490. The number of alkyl halides is 7. The maximum Gasteiger partial charge on any atom is 0.431 e. The van der Waals surface area contributed by atoms with Crippen molar-refractivity contribution in [3.05, 3.63) is 0 Å². The Morgan fingerprint density at radius 2 is 1.07 bits per heavy atom. The molecule has 0 saturated heterocycles. The highest BCUT2D eigenvalue weighted by Crippen LogP contribution is 2.49. The van der Waals surface area contributed by atoms with E-state index < -0.39 is 30.4 Å². The summed E-state index contributed by atoms with van der Waals surface area (Å²) >= 11 is 0. The molecule has 0 heterocycles. The molecule has 0 rings (SSSR count). The second-order valence-corrected chi connectivity index (χ2v) is 3.39. The number of hydrogen-bond acceptors (Lipinski definition) is 0. The quantitative estimate of drug-likeness (QED) is 0.627. The molecule has 0 fully saturated rings. The smallest absolute Gasteiger partial charge is 0.224 e. The van der Waals surface area contributed by atoms with Gasteiger partial charge in [0.1, 0.15) is 0 Å². The number of hydrogen-bond donors (Lipinski definition) is 0. The fourth-order valence-corrected chi connectivity index (χ4v) is 0.955. The third-order valence-electron chi connectivity index (χ3n) is 1.59. The van der Waals surface area contributed by atoms with Gasteiger partial charge in [-0.25, -0.2) is 4.39 Å². The van der Waals surface area contributed by atoms with Crippen molar-refractivity contribution in [1.29, 1.82) is 0 Å². The summed E-state index contributed by atoms with van der Waals surface area (Å²) < 4.78 is 84.0. The van der Waals surface area contributed by atoms with Crippen molar-refractivity contribution < 1.29 is 30.7 Å². The minimum Gasteiger partial charge on any atom is -0.224 e. The molecule has 0 unspecified atom stereocenters. The summed E-state index contributed by atoms with van der Waals surface area (Å²) in [7, 11) is 0. The summed E-state index contributed by atoms with van der Waals surface area (Å²) in [6.07, 6.45) is -13.5. The first-order chi connectivity index (χ1) is 5.92. The van der Waals surface area contributed by atoms with E-state index >= 15 is 0 Å². The van der Waals surface area contributed by atoms with Crippen molar-refractivity contribution >= 4 is 0 Å². The first-order valence-corrected chi connectivity index (χ1v) is 3.74. The Bertz CT molecular complexity index is 173. The second kappa shape index (κ2) is 3.58. The van der Waals surface area contributed by atoms with Crippen molar-refractivity contribution in [3.8, 4) is 0 Å². The Morgan fingerprint density at radius 1 is 0.786 bits per heavy atom. The van der Waals surface area contributed by atoms with E-state index in [1.54, 1.807) is 0 Å². The van der Waals surface area contributed by atoms with Gasteiger partial charge in [-0.2, -0.15) is 26.3 Å². The Balaban J connectivity index is 5.07. The van der Waals surface area contributed by atoms with Gasteiger partial charge in [0.05, 0.1) is 0 Å². The van der Waals surface area contributed by atoms with Crippen LogP contribution in [0.5, 0.6) is 0 Å². The maximum absolute atomic E-state index is 12.8. The van der Waals surface area contributed by atoms with Crippen molar-refractivity contribution in [2.75, 3.05) is 0 Å². The van der Waals surface area contributed by atoms with Crippen molar-refractivity contribution in [1.82, 2.24) is 0 Å². The fraction of sp³-hybridized carbons (Fsp3) is 1.00. The molecule has 0 aromatic rings. The van der Waals surface area contributed by atoms with Crippen LogP contribution in [0.3, 0.4) is 0 Å². The molecule has 0 atom stereocenters. The average molecular weight is 226 g/mol. The zero-order chi connectivity index (χ0) is 11.8. The van der Waals surface area contributed by atoms with Gasteiger partial charge in [-0.15, -0.1) is 0 Å². The standard InChI is InChI=1S/C7H9F7/c1-4(2)3-5(8,6(9,10)11)7(12,13)14/h4H,3H2,1-2H3. The van der Waals surface area contributed by atoms with Gasteiger partial charge < -0.3 is 0 Å². The summed E-state index contributed by atoms with van der Waals surface area (Å²) in [4.78, 5) is 0. The van der Waals surface area contributed by atoms with E-state index in [0.717, 1.165) is 13.8 Å². The summed E-state index contributed by atoms with van der Waals surface area (Å²) in [6, 6.07) is 0. The van der Waals surface area contributed by atoms with E-state index in [-0.39, 0.29) is 0 Å². The Kier molecular flexibility index (Phi) is 3.46. The highest BCUT2D eigenvalue weighted by Gasteiger charge is 2.72.